The van der Waals surface area contributed by atoms with E-state index in [0.717, 1.165) is 18.7 Å². The van der Waals surface area contributed by atoms with Crippen LogP contribution < -0.4 is 10.6 Å². The Morgan fingerprint density at radius 3 is 2.81 bits per heavy atom. The quantitative estimate of drug-likeness (QED) is 0.911. The number of nitrogens with two attached hydrogens (primary N) is 1. The van der Waals surface area contributed by atoms with Crippen molar-refractivity contribution >= 4 is 11.9 Å². The summed E-state index contributed by atoms with van der Waals surface area (Å²) in [4.78, 5) is 16.5. The minimum absolute atomic E-state index is 0.361. The summed E-state index contributed by atoms with van der Waals surface area (Å²) in [5, 5.41) is 0. The summed E-state index contributed by atoms with van der Waals surface area (Å²) in [7, 11) is 0. The van der Waals surface area contributed by atoms with Crippen molar-refractivity contribution in [2.75, 3.05) is 18.0 Å². The molecule has 21 heavy (non-hydrogen) atoms. The third-order valence-electron chi connectivity index (χ3n) is 3.34. The average Bonchev–Trinajstić information content (AvgIpc) is 2.37. The smallest absolute Gasteiger partial charge is 0.417 e. The topological polar surface area (TPSA) is 68.5 Å². The van der Waals surface area contributed by atoms with Gasteiger partial charge >= 0.3 is 12.3 Å². The molecule has 0 bridgehead atoms. The monoisotopic (exact) mass is 303 g/mol. The molecule has 0 unspecified atom stereocenters. The maximum absolute atomic E-state index is 12.6. The fraction of sp³-hybridized carbons (Fsp3) is 0.538. The summed E-state index contributed by atoms with van der Waals surface area (Å²) in [6, 6.07) is 1.07. The van der Waals surface area contributed by atoms with Gasteiger partial charge in [-0.25, -0.2) is 9.78 Å². The number of alkyl halides is 3. The van der Waals surface area contributed by atoms with E-state index in [0.29, 0.717) is 30.9 Å². The molecule has 2 rings (SSSR count). The van der Waals surface area contributed by atoms with Crippen LogP contribution in [-0.2, 0) is 10.9 Å². The Morgan fingerprint density at radius 2 is 2.24 bits per heavy atom. The standard InChI is InChI=1S/C13H16F3N3O2/c1-8-5-9(13(14,15)16)6-18-11(8)19-4-2-3-10(7-19)21-12(17)20/h5-6,10H,2-4,7H2,1H3,(H2,17,20)/t10-/m1/s1. The van der Waals surface area contributed by atoms with Crippen molar-refractivity contribution in [1.29, 1.82) is 0 Å². The Kier molecular flexibility index (Phi) is 4.24. The number of hydrogen-bond acceptors (Lipinski definition) is 4. The highest BCUT2D eigenvalue weighted by molar-refractivity contribution is 5.65. The van der Waals surface area contributed by atoms with Crippen LogP contribution in [0, 0.1) is 6.92 Å². The van der Waals surface area contributed by atoms with Crippen LogP contribution in [0.25, 0.3) is 0 Å². The van der Waals surface area contributed by atoms with Crippen LogP contribution in [0.1, 0.15) is 24.0 Å². The Balaban J connectivity index is 2.16. The van der Waals surface area contributed by atoms with Gasteiger partial charge in [-0.15, -0.1) is 0 Å². The highest BCUT2D eigenvalue weighted by Crippen LogP contribution is 2.32. The lowest BCUT2D eigenvalue weighted by Crippen LogP contribution is -2.42. The minimum Gasteiger partial charge on any atom is -0.445 e. The van der Waals surface area contributed by atoms with Gasteiger partial charge in [0.05, 0.1) is 12.1 Å². The number of carbonyl (C=O) groups is 1. The van der Waals surface area contributed by atoms with E-state index < -0.39 is 17.8 Å². The van der Waals surface area contributed by atoms with Gasteiger partial charge in [0.2, 0.25) is 0 Å². The highest BCUT2D eigenvalue weighted by atomic mass is 19.4. The number of aryl methyl sites for hydroxylation is 1. The zero-order chi connectivity index (χ0) is 15.6. The van der Waals surface area contributed by atoms with Gasteiger partial charge in [-0.1, -0.05) is 0 Å². The number of anilines is 1. The maximum atomic E-state index is 12.6. The van der Waals surface area contributed by atoms with Crippen molar-refractivity contribution in [3.63, 3.8) is 0 Å². The zero-order valence-electron chi connectivity index (χ0n) is 11.5. The van der Waals surface area contributed by atoms with E-state index in [9.17, 15) is 18.0 Å². The Morgan fingerprint density at radius 1 is 1.52 bits per heavy atom. The van der Waals surface area contributed by atoms with Gasteiger partial charge in [-0.2, -0.15) is 13.2 Å². The van der Waals surface area contributed by atoms with Crippen LogP contribution in [0.2, 0.25) is 0 Å². The van der Waals surface area contributed by atoms with Crippen LogP contribution in [-0.4, -0.2) is 30.3 Å². The van der Waals surface area contributed by atoms with Crippen LogP contribution in [0.5, 0.6) is 0 Å². The number of hydrogen-bond donors (Lipinski definition) is 1. The SMILES string of the molecule is Cc1cc(C(F)(F)F)cnc1N1CCC[C@@H](OC(N)=O)C1. The molecule has 1 saturated heterocycles. The van der Waals surface area contributed by atoms with Crippen LogP contribution in [0.3, 0.4) is 0 Å². The second-order valence-corrected chi connectivity index (χ2v) is 5.01. The molecule has 1 fully saturated rings. The summed E-state index contributed by atoms with van der Waals surface area (Å²) in [6.45, 7) is 2.61. The molecule has 5 nitrogen and oxygen atoms in total. The van der Waals surface area contributed by atoms with E-state index in [2.05, 4.69) is 4.98 Å². The first-order valence-electron chi connectivity index (χ1n) is 6.52. The van der Waals surface area contributed by atoms with Crippen molar-refractivity contribution in [1.82, 2.24) is 4.98 Å². The second-order valence-electron chi connectivity index (χ2n) is 5.01. The largest absolute Gasteiger partial charge is 0.445 e. The fourth-order valence-electron chi connectivity index (χ4n) is 2.44. The number of piperidine rings is 1. The van der Waals surface area contributed by atoms with E-state index in [-0.39, 0.29) is 6.10 Å². The summed E-state index contributed by atoms with van der Waals surface area (Å²) in [5.41, 5.74) is 4.65. The number of pyridine rings is 1. The number of ether oxygens (including phenoxy) is 1. The Bertz CT molecular complexity index is 534. The lowest BCUT2D eigenvalue weighted by molar-refractivity contribution is -0.137. The molecular weight excluding hydrogens is 287 g/mol. The van der Waals surface area contributed by atoms with Crippen molar-refractivity contribution in [2.45, 2.75) is 32.0 Å². The maximum Gasteiger partial charge on any atom is 0.417 e. The number of amides is 1. The lowest BCUT2D eigenvalue weighted by Gasteiger charge is -2.33. The van der Waals surface area contributed by atoms with Gasteiger partial charge in [0.15, 0.2) is 0 Å². The minimum atomic E-state index is -4.41. The molecule has 2 N–H and O–H groups in total. The van der Waals surface area contributed by atoms with Crippen LogP contribution >= 0.6 is 0 Å². The van der Waals surface area contributed by atoms with Crippen molar-refractivity contribution < 1.29 is 22.7 Å². The third-order valence-corrected chi connectivity index (χ3v) is 3.34. The number of halogens is 3. The van der Waals surface area contributed by atoms with E-state index >= 15 is 0 Å². The molecule has 0 spiro atoms. The summed E-state index contributed by atoms with van der Waals surface area (Å²) < 4.78 is 42.8. The first kappa shape index (κ1) is 15.4. The lowest BCUT2D eigenvalue weighted by atomic mass is 10.1. The van der Waals surface area contributed by atoms with E-state index in [4.69, 9.17) is 10.5 Å². The number of aromatic nitrogens is 1. The normalized spacial score (nSPS) is 19.4. The van der Waals surface area contributed by atoms with Gasteiger partial charge in [0.25, 0.3) is 0 Å². The molecule has 1 aliphatic rings. The number of primary amides is 1. The fourth-order valence-corrected chi connectivity index (χ4v) is 2.44. The first-order chi connectivity index (χ1) is 9.77. The van der Waals surface area contributed by atoms with Gasteiger partial charge in [-0.05, 0) is 31.4 Å². The predicted octanol–water partition coefficient (Wildman–Crippen LogP) is 2.47. The molecule has 1 aromatic heterocycles. The molecule has 0 aromatic carbocycles. The Hall–Kier alpha value is -1.99. The zero-order valence-corrected chi connectivity index (χ0v) is 11.5. The van der Waals surface area contributed by atoms with Crippen molar-refractivity contribution in [3.05, 3.63) is 23.4 Å². The molecule has 0 saturated carbocycles. The number of rotatable bonds is 2. The molecular formula is C13H16F3N3O2. The predicted molar refractivity (Wildman–Crippen MR) is 69.9 cm³/mol. The van der Waals surface area contributed by atoms with Crippen LogP contribution in [0.4, 0.5) is 23.8 Å². The highest BCUT2D eigenvalue weighted by Gasteiger charge is 2.32. The number of nitrogens with zero attached hydrogens (tertiary/aromatic N) is 2. The molecule has 1 atom stereocenters. The summed E-state index contributed by atoms with van der Waals surface area (Å²) >= 11 is 0. The van der Waals surface area contributed by atoms with Gasteiger partial charge in [0.1, 0.15) is 11.9 Å². The van der Waals surface area contributed by atoms with Gasteiger partial charge in [0, 0.05) is 12.7 Å². The molecule has 2 heterocycles. The van der Waals surface area contributed by atoms with Gasteiger partial charge < -0.3 is 15.4 Å². The van der Waals surface area contributed by atoms with Crippen molar-refractivity contribution in [3.8, 4) is 0 Å². The average molecular weight is 303 g/mol. The molecule has 116 valence electrons. The summed E-state index contributed by atoms with van der Waals surface area (Å²) in [5.74, 6) is 0.473. The van der Waals surface area contributed by atoms with Crippen LogP contribution in [0.15, 0.2) is 12.3 Å². The molecule has 8 heteroatoms. The molecule has 1 aliphatic heterocycles. The van der Waals surface area contributed by atoms with Gasteiger partial charge in [-0.3, -0.25) is 0 Å². The van der Waals surface area contributed by atoms with E-state index in [1.165, 1.54) is 0 Å². The third kappa shape index (κ3) is 3.77. The number of carbonyl (C=O) groups excluding carboxylic acids is 1. The second kappa shape index (κ2) is 5.79. The first-order valence-corrected chi connectivity index (χ1v) is 6.52. The van der Waals surface area contributed by atoms with E-state index in [1.807, 2.05) is 4.90 Å². The molecule has 0 aliphatic carbocycles. The van der Waals surface area contributed by atoms with E-state index in [1.54, 1.807) is 6.92 Å². The molecule has 0 radical (unpaired) electrons. The molecule has 1 amide bonds. The summed E-state index contributed by atoms with van der Waals surface area (Å²) in [6.07, 6.45) is -3.37. The molecule has 1 aromatic rings. The van der Waals surface area contributed by atoms with Crippen molar-refractivity contribution in [2.24, 2.45) is 5.73 Å². The Labute approximate surface area is 119 Å².